The number of hydrogen-bond donors (Lipinski definition) is 0. The van der Waals surface area contributed by atoms with E-state index in [1.165, 1.54) is 25.7 Å². The van der Waals surface area contributed by atoms with Crippen LogP contribution in [0.1, 0.15) is 39.5 Å². The highest BCUT2D eigenvalue weighted by Crippen LogP contribution is 2.32. The molecule has 0 atom stereocenters. The third-order valence-corrected chi connectivity index (χ3v) is 5.71. The van der Waals surface area contributed by atoms with Gasteiger partial charge in [0.15, 0.2) is 0 Å². The molecule has 0 bridgehead atoms. The summed E-state index contributed by atoms with van der Waals surface area (Å²) in [5, 5.41) is 0. The second-order valence-electron chi connectivity index (χ2n) is 7.31. The fourth-order valence-corrected chi connectivity index (χ4v) is 4.13. The fourth-order valence-electron chi connectivity index (χ4n) is 4.13. The van der Waals surface area contributed by atoms with Gasteiger partial charge in [0, 0.05) is 37.9 Å². The third-order valence-electron chi connectivity index (χ3n) is 5.71. The highest BCUT2D eigenvalue weighted by molar-refractivity contribution is 5.46. The Balaban J connectivity index is 1.49. The van der Waals surface area contributed by atoms with Gasteiger partial charge in [-0.05, 0) is 61.8 Å². The molecule has 122 valence electrons. The van der Waals surface area contributed by atoms with Gasteiger partial charge in [-0.3, -0.25) is 4.90 Å². The SMILES string of the molecule is CC(C)C1CCC(N2CCN(c3ccc(F)cc3)CC2)CC1. The van der Waals surface area contributed by atoms with Crippen LogP contribution in [0.4, 0.5) is 10.1 Å². The number of anilines is 1. The molecule has 0 spiro atoms. The number of rotatable bonds is 3. The molecule has 3 heteroatoms. The molecule has 0 radical (unpaired) electrons. The summed E-state index contributed by atoms with van der Waals surface area (Å²) in [4.78, 5) is 5.08. The van der Waals surface area contributed by atoms with Gasteiger partial charge >= 0.3 is 0 Å². The zero-order valence-corrected chi connectivity index (χ0v) is 14.0. The first-order chi connectivity index (χ1) is 10.6. The molecule has 0 amide bonds. The monoisotopic (exact) mass is 304 g/mol. The summed E-state index contributed by atoms with van der Waals surface area (Å²) in [6.45, 7) is 9.16. The Bertz CT molecular complexity index is 455. The maximum Gasteiger partial charge on any atom is 0.123 e. The van der Waals surface area contributed by atoms with Crippen LogP contribution in [0, 0.1) is 17.7 Å². The summed E-state index contributed by atoms with van der Waals surface area (Å²) in [7, 11) is 0. The summed E-state index contributed by atoms with van der Waals surface area (Å²) in [6, 6.07) is 7.73. The van der Waals surface area contributed by atoms with Crippen molar-refractivity contribution in [2.75, 3.05) is 31.1 Å². The molecule has 1 aromatic carbocycles. The second-order valence-corrected chi connectivity index (χ2v) is 7.31. The molecule has 2 fully saturated rings. The molecule has 0 unspecified atom stereocenters. The van der Waals surface area contributed by atoms with Crippen LogP contribution in [-0.4, -0.2) is 37.1 Å². The van der Waals surface area contributed by atoms with Crippen LogP contribution in [0.15, 0.2) is 24.3 Å². The van der Waals surface area contributed by atoms with Crippen molar-refractivity contribution < 1.29 is 4.39 Å². The van der Waals surface area contributed by atoms with Crippen molar-refractivity contribution in [1.82, 2.24) is 4.90 Å². The van der Waals surface area contributed by atoms with E-state index in [4.69, 9.17) is 0 Å². The smallest absolute Gasteiger partial charge is 0.123 e. The zero-order valence-electron chi connectivity index (χ0n) is 14.0. The van der Waals surface area contributed by atoms with Gasteiger partial charge in [-0.15, -0.1) is 0 Å². The quantitative estimate of drug-likeness (QED) is 0.827. The minimum absolute atomic E-state index is 0.149. The van der Waals surface area contributed by atoms with Crippen LogP contribution in [0.2, 0.25) is 0 Å². The van der Waals surface area contributed by atoms with Crippen molar-refractivity contribution in [3.8, 4) is 0 Å². The average molecular weight is 304 g/mol. The summed E-state index contributed by atoms with van der Waals surface area (Å²) < 4.78 is 13.0. The Morgan fingerprint density at radius 1 is 0.909 bits per heavy atom. The van der Waals surface area contributed by atoms with Crippen molar-refractivity contribution in [3.63, 3.8) is 0 Å². The van der Waals surface area contributed by atoms with E-state index >= 15 is 0 Å². The molecule has 1 aromatic rings. The first-order valence-electron chi connectivity index (χ1n) is 8.88. The molecule has 1 heterocycles. The largest absolute Gasteiger partial charge is 0.369 e. The molecule has 22 heavy (non-hydrogen) atoms. The number of nitrogens with zero attached hydrogens (tertiary/aromatic N) is 2. The molecular formula is C19H29FN2. The van der Waals surface area contributed by atoms with Crippen molar-refractivity contribution in [1.29, 1.82) is 0 Å². The molecule has 0 N–H and O–H groups in total. The Labute approximate surface area is 134 Å². The summed E-state index contributed by atoms with van der Waals surface area (Å²) >= 11 is 0. The maximum absolute atomic E-state index is 13.0. The number of hydrogen-bond acceptors (Lipinski definition) is 2. The fraction of sp³-hybridized carbons (Fsp3) is 0.684. The van der Waals surface area contributed by atoms with E-state index in [-0.39, 0.29) is 5.82 Å². The highest BCUT2D eigenvalue weighted by atomic mass is 19.1. The Kier molecular flexibility index (Phi) is 5.02. The summed E-state index contributed by atoms with van der Waals surface area (Å²) in [5.74, 6) is 1.64. The van der Waals surface area contributed by atoms with Crippen molar-refractivity contribution in [2.45, 2.75) is 45.6 Å². The third kappa shape index (κ3) is 3.62. The molecule has 2 aliphatic rings. The van der Waals surface area contributed by atoms with Gasteiger partial charge in [0.2, 0.25) is 0 Å². The van der Waals surface area contributed by atoms with Crippen LogP contribution in [0.25, 0.3) is 0 Å². The van der Waals surface area contributed by atoms with E-state index in [0.29, 0.717) is 0 Å². The first-order valence-corrected chi connectivity index (χ1v) is 8.88. The van der Waals surface area contributed by atoms with Gasteiger partial charge in [0.1, 0.15) is 5.82 Å². The minimum Gasteiger partial charge on any atom is -0.369 e. The predicted molar refractivity (Wildman–Crippen MR) is 90.8 cm³/mol. The van der Waals surface area contributed by atoms with E-state index in [0.717, 1.165) is 49.7 Å². The van der Waals surface area contributed by atoms with Crippen LogP contribution in [0.3, 0.4) is 0 Å². The topological polar surface area (TPSA) is 6.48 Å². The van der Waals surface area contributed by atoms with Gasteiger partial charge in [-0.1, -0.05) is 13.8 Å². The Hall–Kier alpha value is -1.09. The lowest BCUT2D eigenvalue weighted by atomic mass is 9.79. The molecular weight excluding hydrogens is 275 g/mol. The molecule has 0 aromatic heterocycles. The van der Waals surface area contributed by atoms with Gasteiger partial charge in [-0.25, -0.2) is 4.39 Å². The van der Waals surface area contributed by atoms with Gasteiger partial charge in [0.05, 0.1) is 0 Å². The average Bonchev–Trinajstić information content (AvgIpc) is 2.56. The van der Waals surface area contributed by atoms with Crippen LogP contribution in [0.5, 0.6) is 0 Å². The Morgan fingerprint density at radius 2 is 1.50 bits per heavy atom. The Morgan fingerprint density at radius 3 is 2.05 bits per heavy atom. The van der Waals surface area contributed by atoms with Gasteiger partial charge in [0.25, 0.3) is 0 Å². The summed E-state index contributed by atoms with van der Waals surface area (Å²) in [5.41, 5.74) is 1.16. The predicted octanol–water partition coefficient (Wildman–Crippen LogP) is 4.16. The zero-order chi connectivity index (χ0) is 15.5. The lowest BCUT2D eigenvalue weighted by molar-refractivity contribution is 0.117. The van der Waals surface area contributed by atoms with Crippen molar-refractivity contribution in [2.24, 2.45) is 11.8 Å². The standard InChI is InChI=1S/C19H29FN2/c1-15(2)16-3-7-18(8-4-16)21-11-13-22(14-12-21)19-9-5-17(20)6-10-19/h5-6,9-10,15-16,18H,3-4,7-8,11-14H2,1-2H3. The molecule has 2 nitrogen and oxygen atoms in total. The second kappa shape index (κ2) is 6.99. The van der Waals surface area contributed by atoms with E-state index < -0.39 is 0 Å². The maximum atomic E-state index is 13.0. The molecule has 1 aliphatic carbocycles. The molecule has 1 saturated carbocycles. The van der Waals surface area contributed by atoms with Gasteiger partial charge < -0.3 is 4.90 Å². The number of halogens is 1. The van der Waals surface area contributed by atoms with Crippen LogP contribution < -0.4 is 4.90 Å². The molecule has 1 saturated heterocycles. The van der Waals surface area contributed by atoms with Crippen molar-refractivity contribution >= 4 is 5.69 Å². The highest BCUT2D eigenvalue weighted by Gasteiger charge is 2.29. The van der Waals surface area contributed by atoms with Crippen LogP contribution >= 0.6 is 0 Å². The lowest BCUT2D eigenvalue weighted by Crippen LogP contribution is -2.51. The van der Waals surface area contributed by atoms with E-state index in [1.54, 1.807) is 12.1 Å². The normalized spacial score (nSPS) is 27.4. The summed E-state index contributed by atoms with van der Waals surface area (Å²) in [6.07, 6.45) is 5.56. The minimum atomic E-state index is -0.149. The van der Waals surface area contributed by atoms with Gasteiger partial charge in [-0.2, -0.15) is 0 Å². The molecule has 1 aliphatic heterocycles. The van der Waals surface area contributed by atoms with Crippen molar-refractivity contribution in [3.05, 3.63) is 30.1 Å². The molecule has 3 rings (SSSR count). The van der Waals surface area contributed by atoms with E-state index in [9.17, 15) is 4.39 Å². The van der Waals surface area contributed by atoms with E-state index in [1.807, 2.05) is 12.1 Å². The van der Waals surface area contributed by atoms with E-state index in [2.05, 4.69) is 23.6 Å². The number of piperazine rings is 1. The lowest BCUT2D eigenvalue weighted by Gasteiger charge is -2.43. The number of benzene rings is 1. The first kappa shape index (κ1) is 15.8. The van der Waals surface area contributed by atoms with Crippen LogP contribution in [-0.2, 0) is 0 Å².